The van der Waals surface area contributed by atoms with Gasteiger partial charge in [0.2, 0.25) is 5.91 Å². The lowest BCUT2D eigenvalue weighted by Crippen LogP contribution is -2.49. The van der Waals surface area contributed by atoms with Crippen LogP contribution in [0.5, 0.6) is 0 Å². The van der Waals surface area contributed by atoms with Crippen LogP contribution in [0.1, 0.15) is 17.0 Å². The van der Waals surface area contributed by atoms with Gasteiger partial charge in [0.25, 0.3) is 0 Å². The second-order valence-electron chi connectivity index (χ2n) is 6.69. The maximum atomic E-state index is 12.8. The highest BCUT2D eigenvalue weighted by Crippen LogP contribution is 2.35. The lowest BCUT2D eigenvalue weighted by Gasteiger charge is -2.35. The highest BCUT2D eigenvalue weighted by atomic mass is 32.1. The van der Waals surface area contributed by atoms with Crippen LogP contribution in [0.15, 0.2) is 24.5 Å². The Morgan fingerprint density at radius 3 is 2.71 bits per heavy atom. The summed E-state index contributed by atoms with van der Waals surface area (Å²) >= 11 is 1.74. The molecular formula is C18H22N4OS. The molecule has 1 amide bonds. The van der Waals surface area contributed by atoms with Gasteiger partial charge in [0.1, 0.15) is 5.01 Å². The number of piperazine rings is 1. The molecule has 2 aliphatic rings. The Morgan fingerprint density at radius 1 is 1.21 bits per heavy atom. The number of hydrogen-bond donors (Lipinski definition) is 0. The van der Waals surface area contributed by atoms with Crippen LogP contribution >= 0.6 is 11.3 Å². The summed E-state index contributed by atoms with van der Waals surface area (Å²) in [4.78, 5) is 27.3. The van der Waals surface area contributed by atoms with Crippen molar-refractivity contribution in [2.45, 2.75) is 19.3 Å². The van der Waals surface area contributed by atoms with Gasteiger partial charge in [0.05, 0.1) is 5.69 Å². The standard InChI is InChI=1S/C18H22N4OS/c1-21-8-10-22(11-9-21)18(23)14-2-3-15-16(12-14)24-17(20-15)13-4-6-19-7-5-13/h4-7,14H,2-3,8-12H2,1H3. The van der Waals surface area contributed by atoms with E-state index in [1.807, 2.05) is 12.1 Å². The molecule has 1 atom stereocenters. The van der Waals surface area contributed by atoms with Crippen molar-refractivity contribution in [1.29, 1.82) is 0 Å². The van der Waals surface area contributed by atoms with E-state index in [0.29, 0.717) is 5.91 Å². The Balaban J connectivity index is 1.48. The summed E-state index contributed by atoms with van der Waals surface area (Å²) in [5, 5.41) is 1.05. The Labute approximate surface area is 146 Å². The van der Waals surface area contributed by atoms with Gasteiger partial charge in [-0.15, -0.1) is 11.3 Å². The van der Waals surface area contributed by atoms with Crippen LogP contribution in [0, 0.1) is 5.92 Å². The van der Waals surface area contributed by atoms with Gasteiger partial charge >= 0.3 is 0 Å². The Hall–Kier alpha value is -1.79. The summed E-state index contributed by atoms with van der Waals surface area (Å²) in [5.74, 6) is 0.472. The molecule has 1 aliphatic carbocycles. The molecule has 1 aliphatic heterocycles. The lowest BCUT2D eigenvalue weighted by atomic mass is 9.90. The van der Waals surface area contributed by atoms with Crippen LogP contribution in [0.3, 0.4) is 0 Å². The van der Waals surface area contributed by atoms with E-state index in [1.165, 1.54) is 10.6 Å². The van der Waals surface area contributed by atoms with Crippen molar-refractivity contribution in [2.24, 2.45) is 5.92 Å². The van der Waals surface area contributed by atoms with Gasteiger partial charge in [-0.25, -0.2) is 4.98 Å². The number of thiazole rings is 1. The Kier molecular flexibility index (Phi) is 4.33. The molecule has 6 heteroatoms. The average molecular weight is 342 g/mol. The number of fused-ring (bicyclic) bond motifs is 1. The number of carbonyl (C=O) groups excluding carboxylic acids is 1. The van der Waals surface area contributed by atoms with E-state index in [-0.39, 0.29) is 5.92 Å². The Bertz CT molecular complexity index is 722. The fraction of sp³-hybridized carbons (Fsp3) is 0.500. The predicted octanol–water partition coefficient (Wildman–Crippen LogP) is 2.08. The highest BCUT2D eigenvalue weighted by Gasteiger charge is 2.31. The minimum atomic E-state index is 0.131. The van der Waals surface area contributed by atoms with E-state index >= 15 is 0 Å². The minimum absolute atomic E-state index is 0.131. The first-order chi connectivity index (χ1) is 11.7. The third kappa shape index (κ3) is 3.08. The minimum Gasteiger partial charge on any atom is -0.340 e. The van der Waals surface area contributed by atoms with Crippen molar-refractivity contribution in [3.05, 3.63) is 35.1 Å². The average Bonchev–Trinajstić information content (AvgIpc) is 3.06. The number of rotatable bonds is 2. The molecular weight excluding hydrogens is 320 g/mol. The molecule has 5 nitrogen and oxygen atoms in total. The zero-order valence-electron chi connectivity index (χ0n) is 13.9. The van der Waals surface area contributed by atoms with Crippen molar-refractivity contribution in [2.75, 3.05) is 33.2 Å². The smallest absolute Gasteiger partial charge is 0.226 e. The summed E-state index contributed by atoms with van der Waals surface area (Å²) < 4.78 is 0. The van der Waals surface area contributed by atoms with Crippen LogP contribution in [0.25, 0.3) is 10.6 Å². The molecule has 126 valence electrons. The van der Waals surface area contributed by atoms with E-state index in [1.54, 1.807) is 23.7 Å². The molecule has 2 aromatic rings. The van der Waals surface area contributed by atoms with Crippen molar-refractivity contribution >= 4 is 17.2 Å². The molecule has 0 radical (unpaired) electrons. The van der Waals surface area contributed by atoms with Crippen molar-refractivity contribution in [1.82, 2.24) is 19.8 Å². The summed E-state index contributed by atoms with van der Waals surface area (Å²) in [6, 6.07) is 3.99. The zero-order valence-corrected chi connectivity index (χ0v) is 14.8. The molecule has 3 heterocycles. The summed E-state index contributed by atoms with van der Waals surface area (Å²) in [6.07, 6.45) is 6.30. The molecule has 0 bridgehead atoms. The third-order valence-corrected chi connectivity index (χ3v) is 6.20. The number of pyridine rings is 1. The van der Waals surface area contributed by atoms with E-state index in [9.17, 15) is 4.79 Å². The lowest BCUT2D eigenvalue weighted by molar-refractivity contribution is -0.137. The van der Waals surface area contributed by atoms with Crippen molar-refractivity contribution < 1.29 is 4.79 Å². The number of aromatic nitrogens is 2. The normalized spacial score (nSPS) is 21.5. The molecule has 0 N–H and O–H groups in total. The predicted molar refractivity (Wildman–Crippen MR) is 94.9 cm³/mol. The van der Waals surface area contributed by atoms with Gasteiger partial charge in [-0.1, -0.05) is 0 Å². The van der Waals surface area contributed by atoms with Gasteiger partial charge < -0.3 is 9.80 Å². The maximum Gasteiger partial charge on any atom is 0.226 e. The first kappa shape index (κ1) is 15.7. The monoisotopic (exact) mass is 342 g/mol. The Morgan fingerprint density at radius 2 is 1.96 bits per heavy atom. The first-order valence-corrected chi connectivity index (χ1v) is 9.38. The highest BCUT2D eigenvalue weighted by molar-refractivity contribution is 7.15. The van der Waals surface area contributed by atoms with Crippen LogP contribution in [0.2, 0.25) is 0 Å². The summed E-state index contributed by atoms with van der Waals surface area (Å²) in [7, 11) is 2.12. The second kappa shape index (κ2) is 6.61. The summed E-state index contributed by atoms with van der Waals surface area (Å²) in [6.45, 7) is 3.69. The van der Waals surface area contributed by atoms with Crippen LogP contribution in [-0.2, 0) is 17.6 Å². The molecule has 0 saturated carbocycles. The van der Waals surface area contributed by atoms with E-state index in [2.05, 4.69) is 21.8 Å². The van der Waals surface area contributed by atoms with Gasteiger partial charge in [-0.2, -0.15) is 0 Å². The van der Waals surface area contributed by atoms with Crippen LogP contribution < -0.4 is 0 Å². The van der Waals surface area contributed by atoms with E-state index in [4.69, 9.17) is 4.98 Å². The number of carbonyl (C=O) groups is 1. The quantitative estimate of drug-likeness (QED) is 0.838. The molecule has 0 aromatic carbocycles. The van der Waals surface area contributed by atoms with Crippen molar-refractivity contribution in [3.63, 3.8) is 0 Å². The molecule has 0 spiro atoms. The molecule has 1 fully saturated rings. The number of likely N-dealkylation sites (N-methyl/N-ethyl adjacent to an activating group) is 1. The topological polar surface area (TPSA) is 49.3 Å². The number of hydrogen-bond acceptors (Lipinski definition) is 5. The fourth-order valence-corrected chi connectivity index (χ4v) is 4.68. The zero-order chi connectivity index (χ0) is 16.5. The van der Waals surface area contributed by atoms with Gasteiger partial charge in [0.15, 0.2) is 0 Å². The van der Waals surface area contributed by atoms with Gasteiger partial charge in [0, 0.05) is 54.9 Å². The van der Waals surface area contributed by atoms with Crippen molar-refractivity contribution in [3.8, 4) is 10.6 Å². The number of amides is 1. The van der Waals surface area contributed by atoms with Gasteiger partial charge in [-0.05, 0) is 38.4 Å². The molecule has 24 heavy (non-hydrogen) atoms. The van der Waals surface area contributed by atoms with E-state index in [0.717, 1.165) is 56.0 Å². The molecule has 2 aromatic heterocycles. The largest absolute Gasteiger partial charge is 0.340 e. The van der Waals surface area contributed by atoms with Crippen LogP contribution in [0.4, 0.5) is 0 Å². The summed E-state index contributed by atoms with van der Waals surface area (Å²) in [5.41, 5.74) is 2.31. The van der Waals surface area contributed by atoms with Crippen LogP contribution in [-0.4, -0.2) is 58.9 Å². The fourth-order valence-electron chi connectivity index (χ4n) is 3.49. The second-order valence-corrected chi connectivity index (χ2v) is 7.78. The molecule has 4 rings (SSSR count). The number of aryl methyl sites for hydroxylation is 1. The number of nitrogens with zero attached hydrogens (tertiary/aromatic N) is 4. The SMILES string of the molecule is CN1CCN(C(=O)C2CCc3nc(-c4ccncc4)sc3C2)CC1. The van der Waals surface area contributed by atoms with Gasteiger partial charge in [-0.3, -0.25) is 9.78 Å². The first-order valence-electron chi connectivity index (χ1n) is 8.57. The van der Waals surface area contributed by atoms with E-state index < -0.39 is 0 Å². The molecule has 1 saturated heterocycles. The maximum absolute atomic E-state index is 12.8. The third-order valence-electron chi connectivity index (χ3n) is 5.03. The molecule has 1 unspecified atom stereocenters.